The Morgan fingerprint density at radius 1 is 1.33 bits per heavy atom. The molecule has 0 bridgehead atoms. The standard InChI is InChI=1S/C18H14N4O5/c1-11(13-4-2-12(9-19)3-5-13)20-17(23)10-21-15-7-6-14(22(25)26)8-16(15)27-18(21)24/h2-8,11H,10H2,1H3,(H,20,23). The summed E-state index contributed by atoms with van der Waals surface area (Å²) in [5, 5.41) is 22.4. The van der Waals surface area contributed by atoms with E-state index in [9.17, 15) is 19.7 Å². The monoisotopic (exact) mass is 366 g/mol. The molecule has 1 aromatic heterocycles. The van der Waals surface area contributed by atoms with Gasteiger partial charge in [-0.3, -0.25) is 19.5 Å². The third kappa shape index (κ3) is 3.69. The van der Waals surface area contributed by atoms with Crippen LogP contribution in [-0.2, 0) is 11.3 Å². The number of oxazole rings is 1. The van der Waals surface area contributed by atoms with Crippen molar-refractivity contribution in [3.05, 3.63) is 74.3 Å². The molecule has 0 aliphatic rings. The molecule has 0 aliphatic heterocycles. The van der Waals surface area contributed by atoms with Crippen LogP contribution in [-0.4, -0.2) is 15.4 Å². The molecular formula is C18H14N4O5. The Morgan fingerprint density at radius 3 is 2.67 bits per heavy atom. The first kappa shape index (κ1) is 17.9. The molecule has 0 aliphatic carbocycles. The predicted molar refractivity (Wildman–Crippen MR) is 94.8 cm³/mol. The number of nitrogens with one attached hydrogen (secondary N) is 1. The van der Waals surface area contributed by atoms with E-state index in [0.717, 1.165) is 16.2 Å². The van der Waals surface area contributed by atoms with E-state index in [4.69, 9.17) is 9.68 Å². The number of nitrogens with zero attached hydrogens (tertiary/aromatic N) is 3. The topological polar surface area (TPSA) is 131 Å². The van der Waals surface area contributed by atoms with E-state index in [1.807, 2.05) is 6.07 Å². The fraction of sp³-hybridized carbons (Fsp3) is 0.167. The Labute approximate surface area is 152 Å². The Morgan fingerprint density at radius 2 is 2.04 bits per heavy atom. The predicted octanol–water partition coefficient (Wildman–Crippen LogP) is 2.25. The Hall–Kier alpha value is -3.93. The molecule has 1 N–H and O–H groups in total. The molecule has 9 heteroatoms. The van der Waals surface area contributed by atoms with Crippen molar-refractivity contribution in [2.75, 3.05) is 0 Å². The maximum absolute atomic E-state index is 12.3. The summed E-state index contributed by atoms with van der Waals surface area (Å²) in [5.74, 6) is -1.19. The van der Waals surface area contributed by atoms with E-state index >= 15 is 0 Å². The van der Waals surface area contributed by atoms with Crippen LogP contribution in [0.2, 0.25) is 0 Å². The van der Waals surface area contributed by atoms with Gasteiger partial charge in [-0.15, -0.1) is 0 Å². The Balaban J connectivity index is 1.77. The molecule has 1 heterocycles. The van der Waals surface area contributed by atoms with Crippen molar-refractivity contribution < 1.29 is 14.1 Å². The lowest BCUT2D eigenvalue weighted by Crippen LogP contribution is -2.32. The number of benzene rings is 2. The normalized spacial score (nSPS) is 11.7. The minimum atomic E-state index is -0.772. The quantitative estimate of drug-likeness (QED) is 0.544. The first-order valence-corrected chi connectivity index (χ1v) is 7.96. The van der Waals surface area contributed by atoms with Crippen LogP contribution in [0.3, 0.4) is 0 Å². The summed E-state index contributed by atoms with van der Waals surface area (Å²) in [7, 11) is 0. The van der Waals surface area contributed by atoms with Crippen LogP contribution in [0, 0.1) is 21.4 Å². The number of aromatic nitrogens is 1. The second-order valence-corrected chi connectivity index (χ2v) is 5.89. The average Bonchev–Trinajstić information content (AvgIpc) is 2.96. The lowest BCUT2D eigenvalue weighted by Gasteiger charge is -2.14. The van der Waals surface area contributed by atoms with Crippen LogP contribution in [0.25, 0.3) is 11.1 Å². The molecule has 136 valence electrons. The number of hydrogen-bond acceptors (Lipinski definition) is 6. The average molecular weight is 366 g/mol. The van der Waals surface area contributed by atoms with E-state index in [0.29, 0.717) is 11.1 Å². The number of carbonyl (C=O) groups excluding carboxylic acids is 1. The van der Waals surface area contributed by atoms with Gasteiger partial charge in [0, 0.05) is 6.07 Å². The second-order valence-electron chi connectivity index (χ2n) is 5.89. The summed E-state index contributed by atoms with van der Waals surface area (Å²) in [6.07, 6.45) is 0. The Bertz CT molecular complexity index is 1120. The zero-order valence-electron chi connectivity index (χ0n) is 14.2. The fourth-order valence-electron chi connectivity index (χ4n) is 2.68. The van der Waals surface area contributed by atoms with Crippen LogP contribution in [0.15, 0.2) is 51.7 Å². The summed E-state index contributed by atoms with van der Waals surface area (Å²) in [6.45, 7) is 1.49. The zero-order valence-corrected chi connectivity index (χ0v) is 14.2. The van der Waals surface area contributed by atoms with Crippen LogP contribution in [0.5, 0.6) is 0 Å². The molecule has 1 atom stereocenters. The van der Waals surface area contributed by atoms with Crippen LogP contribution in [0.4, 0.5) is 5.69 Å². The maximum atomic E-state index is 12.3. The van der Waals surface area contributed by atoms with Crippen molar-refractivity contribution in [2.45, 2.75) is 19.5 Å². The number of rotatable bonds is 5. The van der Waals surface area contributed by atoms with Gasteiger partial charge in [-0.25, -0.2) is 4.79 Å². The third-order valence-electron chi connectivity index (χ3n) is 4.08. The smallest absolute Gasteiger partial charge is 0.407 e. The van der Waals surface area contributed by atoms with Gasteiger partial charge in [0.05, 0.1) is 34.2 Å². The number of nitro benzene ring substituents is 1. The highest BCUT2D eigenvalue weighted by Crippen LogP contribution is 2.20. The van der Waals surface area contributed by atoms with Crippen molar-refractivity contribution in [1.29, 1.82) is 5.26 Å². The highest BCUT2D eigenvalue weighted by Gasteiger charge is 2.17. The van der Waals surface area contributed by atoms with Crippen LogP contribution >= 0.6 is 0 Å². The fourth-order valence-corrected chi connectivity index (χ4v) is 2.68. The van der Waals surface area contributed by atoms with E-state index < -0.39 is 16.6 Å². The van der Waals surface area contributed by atoms with Gasteiger partial charge in [0.1, 0.15) is 6.54 Å². The molecular weight excluding hydrogens is 352 g/mol. The number of hydrogen-bond donors (Lipinski definition) is 1. The molecule has 0 saturated heterocycles. The first-order valence-electron chi connectivity index (χ1n) is 7.96. The molecule has 27 heavy (non-hydrogen) atoms. The molecule has 9 nitrogen and oxygen atoms in total. The van der Waals surface area contributed by atoms with Crippen LogP contribution < -0.4 is 11.1 Å². The molecule has 2 aromatic carbocycles. The molecule has 0 fully saturated rings. The molecule has 0 radical (unpaired) electrons. The van der Waals surface area contributed by atoms with Gasteiger partial charge in [-0.05, 0) is 30.7 Å². The number of amides is 1. The minimum Gasteiger partial charge on any atom is -0.407 e. The molecule has 1 amide bonds. The van der Waals surface area contributed by atoms with Crippen molar-refractivity contribution in [3.63, 3.8) is 0 Å². The zero-order chi connectivity index (χ0) is 19.6. The number of nitro groups is 1. The molecule has 1 unspecified atom stereocenters. The molecule has 3 aromatic rings. The summed E-state index contributed by atoms with van der Waals surface area (Å²) in [4.78, 5) is 34.5. The number of nitriles is 1. The van der Waals surface area contributed by atoms with Gasteiger partial charge in [0.15, 0.2) is 5.58 Å². The molecule has 3 rings (SSSR count). The third-order valence-corrected chi connectivity index (χ3v) is 4.08. The van der Waals surface area contributed by atoms with Gasteiger partial charge in [-0.1, -0.05) is 12.1 Å². The summed E-state index contributed by atoms with van der Waals surface area (Å²) < 4.78 is 6.11. The van der Waals surface area contributed by atoms with Gasteiger partial charge >= 0.3 is 5.76 Å². The highest BCUT2D eigenvalue weighted by molar-refractivity contribution is 5.80. The van der Waals surface area contributed by atoms with Crippen molar-refractivity contribution in [3.8, 4) is 6.07 Å². The van der Waals surface area contributed by atoms with E-state index in [1.54, 1.807) is 31.2 Å². The van der Waals surface area contributed by atoms with Gasteiger partial charge in [0.25, 0.3) is 5.69 Å². The van der Waals surface area contributed by atoms with Crippen molar-refractivity contribution in [1.82, 2.24) is 9.88 Å². The van der Waals surface area contributed by atoms with Gasteiger partial charge < -0.3 is 9.73 Å². The summed E-state index contributed by atoms with van der Waals surface area (Å²) >= 11 is 0. The van der Waals surface area contributed by atoms with Crippen LogP contribution in [0.1, 0.15) is 24.1 Å². The van der Waals surface area contributed by atoms with E-state index in [1.165, 1.54) is 12.1 Å². The second kappa shape index (κ2) is 7.13. The lowest BCUT2D eigenvalue weighted by atomic mass is 10.1. The lowest BCUT2D eigenvalue weighted by molar-refractivity contribution is -0.384. The highest BCUT2D eigenvalue weighted by atomic mass is 16.6. The summed E-state index contributed by atoms with van der Waals surface area (Å²) in [5.41, 5.74) is 1.46. The largest absolute Gasteiger partial charge is 0.420 e. The number of carbonyl (C=O) groups is 1. The van der Waals surface area contributed by atoms with E-state index in [-0.39, 0.29) is 23.9 Å². The number of fused-ring (bicyclic) bond motifs is 1. The maximum Gasteiger partial charge on any atom is 0.420 e. The summed E-state index contributed by atoms with van der Waals surface area (Å²) in [6, 6.07) is 12.2. The Kier molecular flexibility index (Phi) is 4.72. The molecule has 0 spiro atoms. The van der Waals surface area contributed by atoms with Crippen molar-refractivity contribution in [2.24, 2.45) is 0 Å². The van der Waals surface area contributed by atoms with E-state index in [2.05, 4.69) is 5.32 Å². The number of non-ortho nitro benzene ring substituents is 1. The van der Waals surface area contributed by atoms with Gasteiger partial charge in [0.2, 0.25) is 5.91 Å². The SMILES string of the molecule is CC(NC(=O)Cn1c(=O)oc2cc([N+](=O)[O-])ccc21)c1ccc(C#N)cc1. The first-order chi connectivity index (χ1) is 12.9. The van der Waals surface area contributed by atoms with Gasteiger partial charge in [-0.2, -0.15) is 5.26 Å². The minimum absolute atomic E-state index is 0.0436. The molecule has 0 saturated carbocycles. The van der Waals surface area contributed by atoms with Crippen molar-refractivity contribution >= 4 is 22.7 Å².